The summed E-state index contributed by atoms with van der Waals surface area (Å²) in [7, 11) is 1.81. The molecule has 2 N–H and O–H groups in total. The predicted octanol–water partition coefficient (Wildman–Crippen LogP) is 3.11. The third-order valence-corrected chi connectivity index (χ3v) is 5.86. The molecule has 33 heavy (non-hydrogen) atoms. The Balaban J connectivity index is 1.59. The molecular formula is C25H22N6O2. The number of carbonyl (C=O) groups is 1. The first-order valence-corrected chi connectivity index (χ1v) is 10.5. The lowest BCUT2D eigenvalue weighted by Crippen LogP contribution is -2.31. The van der Waals surface area contributed by atoms with Crippen LogP contribution in [-0.4, -0.2) is 25.7 Å². The van der Waals surface area contributed by atoms with Crippen molar-refractivity contribution in [3.63, 3.8) is 0 Å². The van der Waals surface area contributed by atoms with Gasteiger partial charge in [0.15, 0.2) is 0 Å². The number of ether oxygens (including phenoxy) is 1. The Hall–Kier alpha value is -4.22. The normalized spacial score (nSPS) is 12.5. The first-order valence-electron chi connectivity index (χ1n) is 10.5. The van der Waals surface area contributed by atoms with Gasteiger partial charge in [-0.3, -0.25) is 19.4 Å². The van der Waals surface area contributed by atoms with Crippen LogP contribution in [0.2, 0.25) is 0 Å². The molecule has 0 atom stereocenters. The van der Waals surface area contributed by atoms with Crippen LogP contribution in [0, 0.1) is 19.3 Å². The van der Waals surface area contributed by atoms with Crippen LogP contribution in [0.1, 0.15) is 38.3 Å². The molecule has 1 aliphatic heterocycles. The van der Waals surface area contributed by atoms with Crippen LogP contribution < -0.4 is 10.6 Å². The predicted molar refractivity (Wildman–Crippen MR) is 125 cm³/mol. The van der Waals surface area contributed by atoms with E-state index in [4.69, 9.17) is 16.9 Å². The summed E-state index contributed by atoms with van der Waals surface area (Å²) < 4.78 is 7.26. The minimum Gasteiger partial charge on any atom is -0.383 e. The molecule has 164 valence electrons. The van der Waals surface area contributed by atoms with Gasteiger partial charge in [0, 0.05) is 41.5 Å². The number of terminal acetylenes is 1. The number of fused-ring (bicyclic) bond motifs is 3. The summed E-state index contributed by atoms with van der Waals surface area (Å²) >= 11 is 0. The number of rotatable bonds is 4. The lowest BCUT2D eigenvalue weighted by Gasteiger charge is -2.22. The Morgan fingerprint density at radius 3 is 2.79 bits per heavy atom. The lowest BCUT2D eigenvalue weighted by atomic mass is 9.98. The molecule has 1 amide bonds. The largest absolute Gasteiger partial charge is 0.383 e. The van der Waals surface area contributed by atoms with E-state index in [1.165, 1.54) is 0 Å². The molecule has 0 saturated heterocycles. The van der Waals surface area contributed by atoms with Crippen LogP contribution >= 0.6 is 0 Å². The summed E-state index contributed by atoms with van der Waals surface area (Å²) in [4.78, 5) is 24.5. The molecule has 0 saturated carbocycles. The summed E-state index contributed by atoms with van der Waals surface area (Å²) in [6.45, 7) is 3.05. The Kier molecular flexibility index (Phi) is 5.04. The van der Waals surface area contributed by atoms with E-state index < -0.39 is 0 Å². The Labute approximate surface area is 191 Å². The van der Waals surface area contributed by atoms with Crippen LogP contribution in [0.3, 0.4) is 0 Å². The SMILES string of the molecule is C#Cc1ccc(CN(C(=O)c2cc3c4c(c(N)nc3cc2C)COC4)c2cnn(C)c2)nc1. The molecule has 0 spiro atoms. The number of nitrogen functional groups attached to an aromatic ring is 1. The number of pyridine rings is 2. The molecule has 0 unspecified atom stereocenters. The Bertz CT molecular complexity index is 1430. The molecule has 8 nitrogen and oxygen atoms in total. The van der Waals surface area contributed by atoms with Crippen molar-refractivity contribution in [3.05, 3.63) is 76.4 Å². The van der Waals surface area contributed by atoms with Gasteiger partial charge < -0.3 is 10.5 Å². The highest BCUT2D eigenvalue weighted by atomic mass is 16.5. The average molecular weight is 438 g/mol. The summed E-state index contributed by atoms with van der Waals surface area (Å²) in [5, 5.41) is 5.13. The number of nitrogens with zero attached hydrogens (tertiary/aromatic N) is 5. The van der Waals surface area contributed by atoms with Crippen molar-refractivity contribution in [1.82, 2.24) is 19.7 Å². The van der Waals surface area contributed by atoms with E-state index >= 15 is 0 Å². The van der Waals surface area contributed by atoms with E-state index in [2.05, 4.69) is 21.0 Å². The maximum atomic E-state index is 13.9. The third kappa shape index (κ3) is 3.69. The number of hydrogen-bond acceptors (Lipinski definition) is 6. The molecule has 4 aromatic rings. The Morgan fingerprint density at radius 1 is 1.27 bits per heavy atom. The van der Waals surface area contributed by atoms with Gasteiger partial charge in [0.05, 0.1) is 42.9 Å². The topological polar surface area (TPSA) is 99.2 Å². The minimum atomic E-state index is -0.158. The summed E-state index contributed by atoms with van der Waals surface area (Å²) in [6.07, 6.45) is 10.5. The second-order valence-corrected chi connectivity index (χ2v) is 8.08. The number of nitrogens with two attached hydrogens (primary N) is 1. The van der Waals surface area contributed by atoms with Crippen LogP contribution in [-0.2, 0) is 31.5 Å². The summed E-state index contributed by atoms with van der Waals surface area (Å²) in [5.41, 5.74) is 12.2. The Morgan fingerprint density at radius 2 is 2.09 bits per heavy atom. The van der Waals surface area contributed by atoms with Gasteiger partial charge in [-0.15, -0.1) is 6.42 Å². The smallest absolute Gasteiger partial charge is 0.259 e. The molecule has 5 rings (SSSR count). The molecule has 0 fully saturated rings. The van der Waals surface area contributed by atoms with Crippen molar-refractivity contribution in [2.45, 2.75) is 26.7 Å². The molecule has 8 heteroatoms. The van der Waals surface area contributed by atoms with Gasteiger partial charge in [-0.05, 0) is 42.3 Å². The summed E-state index contributed by atoms with van der Waals surface area (Å²) in [5.74, 6) is 2.88. The highest BCUT2D eigenvalue weighted by Crippen LogP contribution is 2.33. The molecule has 3 aromatic heterocycles. The van der Waals surface area contributed by atoms with E-state index in [1.54, 1.807) is 28.2 Å². The average Bonchev–Trinajstić information content (AvgIpc) is 3.47. The van der Waals surface area contributed by atoms with E-state index in [9.17, 15) is 4.79 Å². The maximum Gasteiger partial charge on any atom is 0.259 e. The van der Waals surface area contributed by atoms with Crippen molar-refractivity contribution >= 4 is 28.3 Å². The monoisotopic (exact) mass is 438 g/mol. The van der Waals surface area contributed by atoms with E-state index in [1.807, 2.05) is 38.2 Å². The second kappa shape index (κ2) is 8.04. The number of aryl methyl sites for hydroxylation is 2. The van der Waals surface area contributed by atoms with E-state index in [-0.39, 0.29) is 12.5 Å². The molecule has 4 heterocycles. The molecule has 1 aromatic carbocycles. The molecular weight excluding hydrogens is 416 g/mol. The van der Waals surface area contributed by atoms with Crippen LogP contribution in [0.4, 0.5) is 11.5 Å². The highest BCUT2D eigenvalue weighted by molar-refractivity contribution is 6.09. The number of carbonyl (C=O) groups excluding carboxylic acids is 1. The van der Waals surface area contributed by atoms with Gasteiger partial charge in [0.2, 0.25) is 0 Å². The van der Waals surface area contributed by atoms with E-state index in [0.29, 0.717) is 41.5 Å². The molecule has 1 aliphatic rings. The zero-order valence-electron chi connectivity index (χ0n) is 18.4. The number of amides is 1. The van der Waals surface area contributed by atoms with Crippen molar-refractivity contribution in [1.29, 1.82) is 0 Å². The third-order valence-electron chi connectivity index (χ3n) is 5.86. The number of aromatic nitrogens is 4. The fourth-order valence-electron chi connectivity index (χ4n) is 4.09. The highest BCUT2D eigenvalue weighted by Gasteiger charge is 2.25. The lowest BCUT2D eigenvalue weighted by molar-refractivity contribution is 0.0984. The first-order chi connectivity index (χ1) is 15.9. The van der Waals surface area contributed by atoms with Crippen molar-refractivity contribution in [2.24, 2.45) is 7.05 Å². The van der Waals surface area contributed by atoms with Crippen molar-refractivity contribution in [3.8, 4) is 12.3 Å². The first kappa shape index (κ1) is 20.7. The number of anilines is 2. The fourth-order valence-corrected chi connectivity index (χ4v) is 4.09. The van der Waals surface area contributed by atoms with E-state index in [0.717, 1.165) is 27.6 Å². The molecule has 0 radical (unpaired) electrons. The van der Waals surface area contributed by atoms with Gasteiger partial charge in [-0.2, -0.15) is 5.10 Å². The van der Waals surface area contributed by atoms with Gasteiger partial charge in [-0.1, -0.05) is 5.92 Å². The second-order valence-electron chi connectivity index (χ2n) is 8.08. The van der Waals surface area contributed by atoms with Gasteiger partial charge in [0.1, 0.15) is 5.82 Å². The van der Waals surface area contributed by atoms with Crippen LogP contribution in [0.15, 0.2) is 42.9 Å². The van der Waals surface area contributed by atoms with Gasteiger partial charge in [-0.25, -0.2) is 4.98 Å². The minimum absolute atomic E-state index is 0.158. The zero-order valence-corrected chi connectivity index (χ0v) is 18.4. The van der Waals surface area contributed by atoms with Crippen LogP contribution in [0.25, 0.3) is 10.9 Å². The summed E-state index contributed by atoms with van der Waals surface area (Å²) in [6, 6.07) is 7.44. The standard InChI is InChI=1S/C25H22N6O2/c1-4-16-5-6-17(27-9-16)11-31(18-10-28-30(3)12-18)25(32)19-8-20-21-13-33-14-22(21)24(26)29-23(20)7-15(19)2/h1,5-10,12H,11,13-14H2,2-3H3,(H2,26,29). The van der Waals surface area contributed by atoms with Crippen molar-refractivity contribution in [2.75, 3.05) is 10.6 Å². The van der Waals surface area contributed by atoms with Gasteiger partial charge >= 0.3 is 0 Å². The zero-order chi connectivity index (χ0) is 23.1. The fraction of sp³-hybridized carbons (Fsp3) is 0.200. The quantitative estimate of drug-likeness (QED) is 0.492. The maximum absolute atomic E-state index is 13.9. The van der Waals surface area contributed by atoms with Crippen molar-refractivity contribution < 1.29 is 9.53 Å². The number of hydrogen-bond donors (Lipinski definition) is 1. The molecule has 0 bridgehead atoms. The number of benzene rings is 1. The molecule has 0 aliphatic carbocycles. The van der Waals surface area contributed by atoms with Crippen LogP contribution in [0.5, 0.6) is 0 Å². The van der Waals surface area contributed by atoms with Gasteiger partial charge in [0.25, 0.3) is 5.91 Å².